The van der Waals surface area contributed by atoms with E-state index in [4.69, 9.17) is 5.73 Å². The van der Waals surface area contributed by atoms with Crippen molar-refractivity contribution >= 4 is 16.7 Å². The molecule has 0 fully saturated rings. The standard InChI is InChI=1S/C16H11N2O/c17-16(19)15-14-10-13(11-4-2-1-3-5-11)7-6-12(14)8-9-18-15/h1-8,10H,(H2,17,19). The first-order valence-corrected chi connectivity index (χ1v) is 5.92. The molecule has 0 atom stereocenters. The number of hydrogen-bond donors (Lipinski definition) is 1. The van der Waals surface area contributed by atoms with E-state index >= 15 is 0 Å². The fourth-order valence-electron chi connectivity index (χ4n) is 2.11. The molecule has 1 radical (unpaired) electrons. The minimum atomic E-state index is -0.535. The predicted molar refractivity (Wildman–Crippen MR) is 74.5 cm³/mol. The molecule has 1 aromatic heterocycles. The molecule has 1 amide bonds. The Morgan fingerprint density at radius 3 is 2.58 bits per heavy atom. The van der Waals surface area contributed by atoms with Crippen LogP contribution >= 0.6 is 0 Å². The molecule has 2 aromatic carbocycles. The number of primary amides is 1. The van der Waals surface area contributed by atoms with Gasteiger partial charge < -0.3 is 5.73 Å². The number of hydrogen-bond acceptors (Lipinski definition) is 2. The number of carbonyl (C=O) groups excluding carboxylic acids is 1. The van der Waals surface area contributed by atoms with E-state index in [2.05, 4.69) is 11.2 Å². The first kappa shape index (κ1) is 11.4. The van der Waals surface area contributed by atoms with Crippen LogP contribution in [0.15, 0.2) is 54.6 Å². The molecule has 3 nitrogen and oxygen atoms in total. The summed E-state index contributed by atoms with van der Waals surface area (Å²) in [5, 5.41) is 1.66. The number of carbonyl (C=O) groups is 1. The van der Waals surface area contributed by atoms with Gasteiger partial charge in [0.15, 0.2) is 0 Å². The smallest absolute Gasteiger partial charge is 0.267 e. The number of nitrogens with two attached hydrogens (primary N) is 1. The van der Waals surface area contributed by atoms with Gasteiger partial charge in [0.2, 0.25) is 0 Å². The van der Waals surface area contributed by atoms with Crippen LogP contribution in [0.25, 0.3) is 21.9 Å². The fourth-order valence-corrected chi connectivity index (χ4v) is 2.11. The first-order valence-electron chi connectivity index (χ1n) is 5.92. The minimum absolute atomic E-state index is 0.260. The van der Waals surface area contributed by atoms with Gasteiger partial charge in [-0.15, -0.1) is 0 Å². The molecule has 0 aliphatic carbocycles. The summed E-state index contributed by atoms with van der Waals surface area (Å²) >= 11 is 0. The molecule has 0 aliphatic heterocycles. The number of aromatic nitrogens is 1. The summed E-state index contributed by atoms with van der Waals surface area (Å²) in [7, 11) is 0. The van der Waals surface area contributed by atoms with E-state index in [1.54, 1.807) is 6.07 Å². The molecule has 3 aromatic rings. The minimum Gasteiger partial charge on any atom is -0.364 e. The molecule has 19 heavy (non-hydrogen) atoms. The zero-order valence-electron chi connectivity index (χ0n) is 10.1. The second-order valence-corrected chi connectivity index (χ2v) is 4.27. The van der Waals surface area contributed by atoms with Crippen molar-refractivity contribution in [1.82, 2.24) is 4.98 Å². The van der Waals surface area contributed by atoms with Crippen molar-refractivity contribution in [2.45, 2.75) is 0 Å². The molecule has 0 spiro atoms. The summed E-state index contributed by atoms with van der Waals surface area (Å²) in [6, 6.07) is 17.6. The number of amides is 1. The second kappa shape index (κ2) is 4.53. The van der Waals surface area contributed by atoms with Crippen LogP contribution in [-0.4, -0.2) is 10.9 Å². The lowest BCUT2D eigenvalue weighted by Crippen LogP contribution is -2.13. The number of pyridine rings is 1. The van der Waals surface area contributed by atoms with Crippen molar-refractivity contribution in [3.8, 4) is 11.1 Å². The second-order valence-electron chi connectivity index (χ2n) is 4.27. The zero-order valence-corrected chi connectivity index (χ0v) is 10.1. The van der Waals surface area contributed by atoms with Crippen LogP contribution < -0.4 is 5.73 Å². The predicted octanol–water partition coefficient (Wildman–Crippen LogP) is 2.80. The normalized spacial score (nSPS) is 10.5. The maximum Gasteiger partial charge on any atom is 0.267 e. The molecular weight excluding hydrogens is 236 g/mol. The Labute approximate surface area is 110 Å². The summed E-state index contributed by atoms with van der Waals surface area (Å²) in [5.41, 5.74) is 7.73. The quantitative estimate of drug-likeness (QED) is 0.757. The average molecular weight is 247 g/mol. The van der Waals surface area contributed by atoms with Crippen LogP contribution in [-0.2, 0) is 0 Å². The molecule has 0 aliphatic rings. The zero-order chi connectivity index (χ0) is 13.2. The number of benzene rings is 2. The Hall–Kier alpha value is -2.68. The third-order valence-corrected chi connectivity index (χ3v) is 3.05. The molecule has 0 bridgehead atoms. The van der Waals surface area contributed by atoms with Gasteiger partial charge in [-0.25, -0.2) is 4.98 Å². The maximum absolute atomic E-state index is 11.4. The number of fused-ring (bicyclic) bond motifs is 1. The van der Waals surface area contributed by atoms with Crippen LogP contribution in [0.1, 0.15) is 10.5 Å². The van der Waals surface area contributed by atoms with E-state index in [1.165, 1.54) is 0 Å². The molecule has 1 heterocycles. The van der Waals surface area contributed by atoms with Gasteiger partial charge in [-0.1, -0.05) is 42.5 Å². The summed E-state index contributed by atoms with van der Waals surface area (Å²) in [5.74, 6) is -0.535. The van der Waals surface area contributed by atoms with Gasteiger partial charge in [0.1, 0.15) is 5.69 Å². The SMILES string of the molecule is NC(=O)c1n[c]cc2ccc(-c3ccccc3)cc12. The highest BCUT2D eigenvalue weighted by atomic mass is 16.1. The van der Waals surface area contributed by atoms with Crippen molar-refractivity contribution in [2.24, 2.45) is 5.73 Å². The first-order chi connectivity index (χ1) is 9.25. The van der Waals surface area contributed by atoms with Gasteiger partial charge >= 0.3 is 0 Å². The monoisotopic (exact) mass is 247 g/mol. The van der Waals surface area contributed by atoms with E-state index in [1.807, 2.05) is 48.5 Å². The highest BCUT2D eigenvalue weighted by molar-refractivity contribution is 6.05. The molecule has 0 saturated heterocycles. The van der Waals surface area contributed by atoms with E-state index < -0.39 is 5.91 Å². The van der Waals surface area contributed by atoms with E-state index in [0.29, 0.717) is 0 Å². The Morgan fingerprint density at radius 2 is 1.84 bits per heavy atom. The molecular formula is C16H11N2O. The van der Waals surface area contributed by atoms with Crippen molar-refractivity contribution in [3.63, 3.8) is 0 Å². The average Bonchev–Trinajstić information content (AvgIpc) is 2.47. The largest absolute Gasteiger partial charge is 0.364 e. The summed E-state index contributed by atoms with van der Waals surface area (Å²) in [6.45, 7) is 0. The lowest BCUT2D eigenvalue weighted by molar-refractivity contribution is 0.0997. The summed E-state index contributed by atoms with van der Waals surface area (Å²) < 4.78 is 0. The van der Waals surface area contributed by atoms with Crippen molar-refractivity contribution < 1.29 is 4.79 Å². The lowest BCUT2D eigenvalue weighted by Gasteiger charge is -2.06. The highest BCUT2D eigenvalue weighted by Gasteiger charge is 2.09. The number of rotatable bonds is 2. The van der Waals surface area contributed by atoms with Gasteiger partial charge in [0, 0.05) is 5.39 Å². The molecule has 3 rings (SSSR count). The van der Waals surface area contributed by atoms with Crippen molar-refractivity contribution in [1.29, 1.82) is 0 Å². The van der Waals surface area contributed by atoms with Crippen molar-refractivity contribution in [3.05, 3.63) is 66.5 Å². The molecule has 91 valence electrons. The maximum atomic E-state index is 11.4. The van der Waals surface area contributed by atoms with Gasteiger partial charge in [-0.05, 0) is 28.6 Å². The Morgan fingerprint density at radius 1 is 1.05 bits per heavy atom. The van der Waals surface area contributed by atoms with E-state index in [0.717, 1.165) is 21.9 Å². The van der Waals surface area contributed by atoms with Gasteiger partial charge in [-0.2, -0.15) is 0 Å². The third-order valence-electron chi connectivity index (χ3n) is 3.05. The van der Waals surface area contributed by atoms with Gasteiger partial charge in [0.05, 0.1) is 6.20 Å². The van der Waals surface area contributed by atoms with Gasteiger partial charge in [-0.3, -0.25) is 4.79 Å². The Bertz CT molecular complexity index is 751. The highest BCUT2D eigenvalue weighted by Crippen LogP contribution is 2.25. The molecule has 0 unspecified atom stereocenters. The fraction of sp³-hybridized carbons (Fsp3) is 0. The molecule has 2 N–H and O–H groups in total. The third kappa shape index (κ3) is 2.06. The lowest BCUT2D eigenvalue weighted by atomic mass is 10.0. The Balaban J connectivity index is 2.25. The van der Waals surface area contributed by atoms with Crippen LogP contribution in [0, 0.1) is 6.20 Å². The van der Waals surface area contributed by atoms with E-state index in [-0.39, 0.29) is 5.69 Å². The molecule has 3 heteroatoms. The summed E-state index contributed by atoms with van der Waals surface area (Å²) in [6.07, 6.45) is 2.69. The van der Waals surface area contributed by atoms with Gasteiger partial charge in [0.25, 0.3) is 5.91 Å². The van der Waals surface area contributed by atoms with Crippen LogP contribution in [0.3, 0.4) is 0 Å². The Kier molecular flexibility index (Phi) is 2.72. The van der Waals surface area contributed by atoms with Crippen LogP contribution in [0.4, 0.5) is 0 Å². The summed E-state index contributed by atoms with van der Waals surface area (Å²) in [4.78, 5) is 15.3. The van der Waals surface area contributed by atoms with Crippen LogP contribution in [0.5, 0.6) is 0 Å². The number of nitrogens with zero attached hydrogens (tertiary/aromatic N) is 1. The topological polar surface area (TPSA) is 56.0 Å². The van der Waals surface area contributed by atoms with Crippen LogP contribution in [0.2, 0.25) is 0 Å². The van der Waals surface area contributed by atoms with Crippen molar-refractivity contribution in [2.75, 3.05) is 0 Å². The van der Waals surface area contributed by atoms with E-state index in [9.17, 15) is 4.79 Å². The molecule has 0 saturated carbocycles.